The number of nitrogens with zero attached hydrogens (tertiary/aromatic N) is 1. The van der Waals surface area contributed by atoms with Crippen molar-refractivity contribution in [3.05, 3.63) is 70.9 Å². The minimum Gasteiger partial charge on any atom is -0.305 e. The van der Waals surface area contributed by atoms with Crippen LogP contribution in [0.5, 0.6) is 0 Å². The molecule has 3 rings (SSSR count). The quantitative estimate of drug-likeness (QED) is 0.760. The van der Waals surface area contributed by atoms with E-state index in [0.29, 0.717) is 11.4 Å². The molecule has 2 aromatic carbocycles. The van der Waals surface area contributed by atoms with Gasteiger partial charge >= 0.3 is 0 Å². The Morgan fingerprint density at radius 1 is 0.913 bits per heavy atom. The topological polar surface area (TPSA) is 57.8 Å². The van der Waals surface area contributed by atoms with Crippen molar-refractivity contribution in [1.29, 1.82) is 0 Å². The lowest BCUT2D eigenvalue weighted by Gasteiger charge is -2.07. The fraction of sp³-hybridized carbons (Fsp3) is 0.158. The van der Waals surface area contributed by atoms with Gasteiger partial charge in [0.15, 0.2) is 5.82 Å². The number of H-pyrrole nitrogens is 1. The monoisotopic (exact) mass is 305 g/mol. The number of aryl methyl sites for hydroxylation is 3. The van der Waals surface area contributed by atoms with Crippen LogP contribution in [0.3, 0.4) is 0 Å². The summed E-state index contributed by atoms with van der Waals surface area (Å²) in [6.45, 7) is 5.99. The Balaban J connectivity index is 1.91. The Morgan fingerprint density at radius 2 is 1.48 bits per heavy atom. The van der Waals surface area contributed by atoms with Crippen molar-refractivity contribution in [3.8, 4) is 11.1 Å². The van der Waals surface area contributed by atoms with Gasteiger partial charge in [-0.2, -0.15) is 5.10 Å². The largest absolute Gasteiger partial charge is 0.305 e. The Hall–Kier alpha value is -2.88. The molecule has 1 heterocycles. The fourth-order valence-corrected chi connectivity index (χ4v) is 2.48. The smallest absolute Gasteiger partial charge is 0.256 e. The van der Waals surface area contributed by atoms with Crippen molar-refractivity contribution in [2.45, 2.75) is 20.8 Å². The minimum absolute atomic E-state index is 0.162. The maximum atomic E-state index is 12.4. The first-order chi connectivity index (χ1) is 11.0. The SMILES string of the molecule is Cc1ccc(C(=O)Nc2n[nH]c(C)c2-c2ccc(C)cc2)cc1. The number of anilines is 1. The van der Waals surface area contributed by atoms with Gasteiger partial charge in [-0.15, -0.1) is 0 Å². The van der Waals surface area contributed by atoms with Crippen LogP contribution in [0.1, 0.15) is 27.2 Å². The van der Waals surface area contributed by atoms with Gasteiger partial charge in [-0.1, -0.05) is 47.5 Å². The van der Waals surface area contributed by atoms with Gasteiger partial charge in [-0.25, -0.2) is 0 Å². The molecule has 1 aromatic heterocycles. The van der Waals surface area contributed by atoms with Gasteiger partial charge in [0.25, 0.3) is 5.91 Å². The van der Waals surface area contributed by atoms with Crippen LogP contribution in [0.4, 0.5) is 5.82 Å². The number of benzene rings is 2. The van der Waals surface area contributed by atoms with E-state index in [1.807, 2.05) is 69.3 Å². The molecule has 0 fully saturated rings. The highest BCUT2D eigenvalue weighted by molar-refractivity contribution is 6.05. The standard InChI is InChI=1S/C19H19N3O/c1-12-4-8-15(9-5-12)17-14(3)21-22-18(17)20-19(23)16-10-6-13(2)7-11-16/h4-11H,1-3H3,(H2,20,21,22,23). The minimum atomic E-state index is -0.162. The van der Waals surface area contributed by atoms with Gasteiger partial charge in [0.2, 0.25) is 0 Å². The number of aromatic nitrogens is 2. The molecule has 0 spiro atoms. The predicted octanol–water partition coefficient (Wildman–Crippen LogP) is 4.25. The summed E-state index contributed by atoms with van der Waals surface area (Å²) in [6, 6.07) is 15.6. The van der Waals surface area contributed by atoms with Crippen LogP contribution < -0.4 is 5.32 Å². The third-order valence-corrected chi connectivity index (χ3v) is 3.83. The summed E-state index contributed by atoms with van der Waals surface area (Å²) in [4.78, 5) is 12.4. The van der Waals surface area contributed by atoms with Gasteiger partial charge in [-0.05, 0) is 38.5 Å². The molecule has 2 N–H and O–H groups in total. The summed E-state index contributed by atoms with van der Waals surface area (Å²) < 4.78 is 0. The fourth-order valence-electron chi connectivity index (χ4n) is 2.48. The number of rotatable bonds is 3. The van der Waals surface area contributed by atoms with Crippen molar-refractivity contribution < 1.29 is 4.79 Å². The summed E-state index contributed by atoms with van der Waals surface area (Å²) in [5.74, 6) is 0.391. The molecule has 0 unspecified atom stereocenters. The third-order valence-electron chi connectivity index (χ3n) is 3.83. The van der Waals surface area contributed by atoms with E-state index in [2.05, 4.69) is 15.5 Å². The highest BCUT2D eigenvalue weighted by Crippen LogP contribution is 2.29. The summed E-state index contributed by atoms with van der Waals surface area (Å²) >= 11 is 0. The molecule has 4 nitrogen and oxygen atoms in total. The Kier molecular flexibility index (Phi) is 3.98. The molecule has 0 atom stereocenters. The summed E-state index contributed by atoms with van der Waals surface area (Å²) in [7, 11) is 0. The molecule has 1 amide bonds. The lowest BCUT2D eigenvalue weighted by molar-refractivity contribution is 0.102. The molecule has 0 saturated heterocycles. The van der Waals surface area contributed by atoms with Crippen molar-refractivity contribution in [2.75, 3.05) is 5.32 Å². The molecule has 3 aromatic rings. The van der Waals surface area contributed by atoms with Crippen LogP contribution in [-0.4, -0.2) is 16.1 Å². The van der Waals surface area contributed by atoms with Crippen LogP contribution in [0.25, 0.3) is 11.1 Å². The van der Waals surface area contributed by atoms with E-state index in [1.54, 1.807) is 0 Å². The molecule has 23 heavy (non-hydrogen) atoms. The van der Waals surface area contributed by atoms with Crippen molar-refractivity contribution in [2.24, 2.45) is 0 Å². The van der Waals surface area contributed by atoms with E-state index in [9.17, 15) is 4.79 Å². The number of hydrogen-bond acceptors (Lipinski definition) is 2. The van der Waals surface area contributed by atoms with Crippen molar-refractivity contribution >= 4 is 11.7 Å². The maximum Gasteiger partial charge on any atom is 0.256 e. The van der Waals surface area contributed by atoms with Crippen LogP contribution >= 0.6 is 0 Å². The lowest BCUT2D eigenvalue weighted by Crippen LogP contribution is -2.12. The average Bonchev–Trinajstić information content (AvgIpc) is 2.89. The molecule has 0 aliphatic carbocycles. The molecule has 0 bridgehead atoms. The zero-order valence-corrected chi connectivity index (χ0v) is 13.5. The summed E-state index contributed by atoms with van der Waals surface area (Å²) in [6.07, 6.45) is 0. The number of hydrogen-bond donors (Lipinski definition) is 2. The first-order valence-electron chi connectivity index (χ1n) is 7.54. The maximum absolute atomic E-state index is 12.4. The Morgan fingerprint density at radius 3 is 2.09 bits per heavy atom. The van der Waals surface area contributed by atoms with Crippen molar-refractivity contribution in [1.82, 2.24) is 10.2 Å². The second-order valence-electron chi connectivity index (χ2n) is 5.76. The number of carbonyl (C=O) groups is 1. The molecule has 0 aliphatic rings. The summed E-state index contributed by atoms with van der Waals surface area (Å²) in [5.41, 5.74) is 5.81. The van der Waals surface area contributed by atoms with Crippen LogP contribution in [0, 0.1) is 20.8 Å². The summed E-state index contributed by atoms with van der Waals surface area (Å²) in [5, 5.41) is 10.1. The highest BCUT2D eigenvalue weighted by atomic mass is 16.1. The van der Waals surface area contributed by atoms with Gasteiger partial charge in [0, 0.05) is 16.8 Å². The first-order valence-corrected chi connectivity index (χ1v) is 7.54. The van der Waals surface area contributed by atoms with E-state index in [-0.39, 0.29) is 5.91 Å². The van der Waals surface area contributed by atoms with Gasteiger partial charge in [0.05, 0.1) is 0 Å². The molecule has 0 radical (unpaired) electrons. The number of nitrogens with one attached hydrogen (secondary N) is 2. The molecule has 0 saturated carbocycles. The van der Waals surface area contributed by atoms with E-state index in [4.69, 9.17) is 0 Å². The van der Waals surface area contributed by atoms with Crippen LogP contribution in [0.2, 0.25) is 0 Å². The second-order valence-corrected chi connectivity index (χ2v) is 5.76. The van der Waals surface area contributed by atoms with E-state index >= 15 is 0 Å². The highest BCUT2D eigenvalue weighted by Gasteiger charge is 2.15. The Labute approximate surface area is 135 Å². The van der Waals surface area contributed by atoms with E-state index < -0.39 is 0 Å². The van der Waals surface area contributed by atoms with Crippen LogP contribution in [-0.2, 0) is 0 Å². The predicted molar refractivity (Wildman–Crippen MR) is 92.6 cm³/mol. The lowest BCUT2D eigenvalue weighted by atomic mass is 10.0. The van der Waals surface area contributed by atoms with Crippen molar-refractivity contribution in [3.63, 3.8) is 0 Å². The first kappa shape index (κ1) is 15.0. The van der Waals surface area contributed by atoms with Gasteiger partial charge in [0.1, 0.15) is 0 Å². The molecule has 116 valence electrons. The van der Waals surface area contributed by atoms with Crippen LogP contribution in [0.15, 0.2) is 48.5 Å². The zero-order valence-electron chi connectivity index (χ0n) is 13.5. The normalized spacial score (nSPS) is 10.6. The van der Waals surface area contributed by atoms with E-state index in [0.717, 1.165) is 22.4 Å². The molecular weight excluding hydrogens is 286 g/mol. The number of aromatic amines is 1. The van der Waals surface area contributed by atoms with Gasteiger partial charge < -0.3 is 5.32 Å². The molecule has 4 heteroatoms. The van der Waals surface area contributed by atoms with E-state index in [1.165, 1.54) is 5.56 Å². The number of amides is 1. The Bertz CT molecular complexity index is 830. The third kappa shape index (κ3) is 3.16. The average molecular weight is 305 g/mol. The second kappa shape index (κ2) is 6.08. The zero-order chi connectivity index (χ0) is 16.4. The molecule has 0 aliphatic heterocycles. The number of carbonyl (C=O) groups excluding carboxylic acids is 1. The van der Waals surface area contributed by atoms with Gasteiger partial charge in [-0.3, -0.25) is 9.89 Å². The molecular formula is C19H19N3O.